The number of amides is 2. The summed E-state index contributed by atoms with van der Waals surface area (Å²) >= 11 is 1.70. The van der Waals surface area contributed by atoms with Crippen LogP contribution in [0.2, 0.25) is 0 Å². The van der Waals surface area contributed by atoms with E-state index < -0.39 is 0 Å². The number of hydrogen-bond donors (Lipinski definition) is 1. The normalized spacial score (nSPS) is 16.9. The summed E-state index contributed by atoms with van der Waals surface area (Å²) in [7, 11) is 0. The molecule has 1 aliphatic heterocycles. The van der Waals surface area contributed by atoms with Crippen molar-refractivity contribution in [3.8, 4) is 5.88 Å². The molecule has 28 heavy (non-hydrogen) atoms. The molecule has 7 nitrogen and oxygen atoms in total. The third-order valence-electron chi connectivity index (χ3n) is 4.57. The number of carbonyl (C=O) groups excluding carboxylic acids is 1. The number of nitrogens with zero attached hydrogens (tertiary/aromatic N) is 3. The lowest BCUT2D eigenvalue weighted by Gasteiger charge is -2.32. The summed E-state index contributed by atoms with van der Waals surface area (Å²) < 4.78 is 11.7. The van der Waals surface area contributed by atoms with Crippen LogP contribution in [0.15, 0.2) is 48.1 Å². The van der Waals surface area contributed by atoms with Crippen LogP contribution in [0.4, 0.5) is 4.79 Å². The molecule has 1 atom stereocenters. The standard InChI is InChI=1S/C20H22N4O3S/c25-20(21-8-7-16-4-3-11-28-16)24-9-10-26-15(12-24)13-27-19-17-5-1-2-6-18(17)22-14-23-19/h1-6,11,14-15H,7-10,12-13H2,(H,21,25). The van der Waals surface area contributed by atoms with E-state index in [-0.39, 0.29) is 12.1 Å². The van der Waals surface area contributed by atoms with Crippen LogP contribution in [-0.2, 0) is 11.2 Å². The molecule has 2 amide bonds. The predicted molar refractivity (Wildman–Crippen MR) is 108 cm³/mol. The Labute approximate surface area is 167 Å². The number of urea groups is 1. The molecular formula is C20H22N4O3S. The van der Waals surface area contributed by atoms with Crippen LogP contribution in [0.3, 0.4) is 0 Å². The molecule has 0 spiro atoms. The monoisotopic (exact) mass is 398 g/mol. The number of thiophene rings is 1. The molecule has 146 valence electrons. The first-order valence-electron chi connectivity index (χ1n) is 9.29. The zero-order valence-corrected chi connectivity index (χ0v) is 16.2. The zero-order chi connectivity index (χ0) is 19.2. The number of ether oxygens (including phenoxy) is 2. The Balaban J connectivity index is 1.28. The van der Waals surface area contributed by atoms with Gasteiger partial charge in [0.15, 0.2) is 0 Å². The lowest BCUT2D eigenvalue weighted by Crippen LogP contribution is -2.51. The van der Waals surface area contributed by atoms with Crippen molar-refractivity contribution >= 4 is 28.3 Å². The van der Waals surface area contributed by atoms with E-state index in [4.69, 9.17) is 9.47 Å². The Hall–Kier alpha value is -2.71. The molecule has 1 aromatic carbocycles. The van der Waals surface area contributed by atoms with Crippen molar-refractivity contribution in [3.05, 3.63) is 53.0 Å². The Bertz CT molecular complexity index is 913. The highest BCUT2D eigenvalue weighted by Crippen LogP contribution is 2.21. The number of carbonyl (C=O) groups is 1. The van der Waals surface area contributed by atoms with Gasteiger partial charge in [0.05, 0.1) is 24.1 Å². The molecule has 1 unspecified atom stereocenters. The largest absolute Gasteiger partial charge is 0.474 e. The third kappa shape index (κ3) is 4.58. The van der Waals surface area contributed by atoms with E-state index in [1.54, 1.807) is 16.2 Å². The second-order valence-corrected chi connectivity index (χ2v) is 7.54. The second kappa shape index (κ2) is 8.99. The van der Waals surface area contributed by atoms with Crippen molar-refractivity contribution < 1.29 is 14.3 Å². The van der Waals surface area contributed by atoms with Gasteiger partial charge in [-0.25, -0.2) is 14.8 Å². The van der Waals surface area contributed by atoms with Gasteiger partial charge in [0.25, 0.3) is 0 Å². The Morgan fingerprint density at radius 3 is 3.11 bits per heavy atom. The SMILES string of the molecule is O=C(NCCc1cccs1)N1CCOC(COc2ncnc3ccccc23)C1. The van der Waals surface area contributed by atoms with Crippen molar-refractivity contribution in [2.45, 2.75) is 12.5 Å². The van der Waals surface area contributed by atoms with Gasteiger partial charge in [-0.05, 0) is 30.0 Å². The van der Waals surface area contributed by atoms with E-state index >= 15 is 0 Å². The van der Waals surface area contributed by atoms with Gasteiger partial charge in [0, 0.05) is 18.0 Å². The van der Waals surface area contributed by atoms with E-state index in [1.165, 1.54) is 11.2 Å². The first-order valence-corrected chi connectivity index (χ1v) is 10.2. The Morgan fingerprint density at radius 1 is 1.29 bits per heavy atom. The van der Waals surface area contributed by atoms with Crippen molar-refractivity contribution in [1.82, 2.24) is 20.2 Å². The highest BCUT2D eigenvalue weighted by Gasteiger charge is 2.25. The minimum atomic E-state index is -0.189. The van der Waals surface area contributed by atoms with Gasteiger partial charge in [0.1, 0.15) is 19.0 Å². The lowest BCUT2D eigenvalue weighted by molar-refractivity contribution is -0.0356. The molecule has 0 saturated carbocycles. The maximum Gasteiger partial charge on any atom is 0.317 e. The molecule has 1 saturated heterocycles. The average molecular weight is 398 g/mol. The van der Waals surface area contributed by atoms with Crippen LogP contribution in [0.25, 0.3) is 10.9 Å². The summed E-state index contributed by atoms with van der Waals surface area (Å²) in [5.41, 5.74) is 0.837. The van der Waals surface area contributed by atoms with E-state index in [2.05, 4.69) is 21.4 Å². The van der Waals surface area contributed by atoms with Gasteiger partial charge in [-0.1, -0.05) is 18.2 Å². The van der Waals surface area contributed by atoms with Crippen LogP contribution < -0.4 is 10.1 Å². The zero-order valence-electron chi connectivity index (χ0n) is 15.4. The highest BCUT2D eigenvalue weighted by molar-refractivity contribution is 7.09. The van der Waals surface area contributed by atoms with Crippen LogP contribution >= 0.6 is 11.3 Å². The fraction of sp³-hybridized carbons (Fsp3) is 0.350. The summed E-state index contributed by atoms with van der Waals surface area (Å²) in [6.07, 6.45) is 2.15. The van der Waals surface area contributed by atoms with E-state index in [9.17, 15) is 4.79 Å². The quantitative estimate of drug-likeness (QED) is 0.691. The predicted octanol–water partition coefficient (Wildman–Crippen LogP) is 2.72. The summed E-state index contributed by atoms with van der Waals surface area (Å²) in [4.78, 5) is 23.9. The van der Waals surface area contributed by atoms with Crippen molar-refractivity contribution in [3.63, 3.8) is 0 Å². The maximum absolute atomic E-state index is 12.4. The number of aromatic nitrogens is 2. The number of benzene rings is 1. The lowest BCUT2D eigenvalue weighted by atomic mass is 10.2. The van der Waals surface area contributed by atoms with E-state index in [1.807, 2.05) is 35.7 Å². The number of fused-ring (bicyclic) bond motifs is 1. The molecule has 3 aromatic rings. The smallest absolute Gasteiger partial charge is 0.317 e. The van der Waals surface area contributed by atoms with Crippen LogP contribution in [0, 0.1) is 0 Å². The van der Waals surface area contributed by atoms with Gasteiger partial charge in [-0.2, -0.15) is 0 Å². The topological polar surface area (TPSA) is 76.6 Å². The first kappa shape index (κ1) is 18.6. The molecule has 0 bridgehead atoms. The van der Waals surface area contributed by atoms with Crippen LogP contribution in [-0.4, -0.2) is 59.9 Å². The Kier molecular flexibility index (Phi) is 5.98. The maximum atomic E-state index is 12.4. The number of nitrogens with one attached hydrogen (secondary N) is 1. The van der Waals surface area contributed by atoms with Crippen molar-refractivity contribution in [1.29, 1.82) is 0 Å². The number of para-hydroxylation sites is 1. The van der Waals surface area contributed by atoms with E-state index in [0.29, 0.717) is 38.7 Å². The van der Waals surface area contributed by atoms with E-state index in [0.717, 1.165) is 17.3 Å². The summed E-state index contributed by atoms with van der Waals surface area (Å²) in [6.45, 7) is 2.54. The minimum absolute atomic E-state index is 0.0580. The molecule has 1 N–H and O–H groups in total. The highest BCUT2D eigenvalue weighted by atomic mass is 32.1. The van der Waals surface area contributed by atoms with Gasteiger partial charge in [-0.15, -0.1) is 11.3 Å². The van der Waals surface area contributed by atoms with Crippen molar-refractivity contribution in [2.24, 2.45) is 0 Å². The third-order valence-corrected chi connectivity index (χ3v) is 5.50. The molecule has 3 heterocycles. The Morgan fingerprint density at radius 2 is 2.21 bits per heavy atom. The molecule has 2 aromatic heterocycles. The second-order valence-electron chi connectivity index (χ2n) is 6.51. The number of morpholine rings is 1. The molecule has 1 aliphatic rings. The first-order chi connectivity index (χ1) is 13.8. The summed E-state index contributed by atoms with van der Waals surface area (Å²) in [6, 6.07) is 11.8. The fourth-order valence-corrected chi connectivity index (χ4v) is 3.84. The molecular weight excluding hydrogens is 376 g/mol. The molecule has 1 fully saturated rings. The molecule has 0 radical (unpaired) electrons. The molecule has 0 aliphatic carbocycles. The van der Waals surface area contributed by atoms with Crippen LogP contribution in [0.5, 0.6) is 5.88 Å². The summed E-state index contributed by atoms with van der Waals surface area (Å²) in [5, 5.41) is 5.90. The van der Waals surface area contributed by atoms with Gasteiger partial charge < -0.3 is 19.7 Å². The minimum Gasteiger partial charge on any atom is -0.474 e. The summed E-state index contributed by atoms with van der Waals surface area (Å²) in [5.74, 6) is 0.534. The number of hydrogen-bond acceptors (Lipinski definition) is 6. The molecule has 8 heteroatoms. The fourth-order valence-electron chi connectivity index (χ4n) is 3.13. The molecule has 4 rings (SSSR count). The van der Waals surface area contributed by atoms with Gasteiger partial charge in [0.2, 0.25) is 5.88 Å². The number of rotatable bonds is 6. The van der Waals surface area contributed by atoms with Gasteiger partial charge in [-0.3, -0.25) is 0 Å². The van der Waals surface area contributed by atoms with Crippen LogP contribution in [0.1, 0.15) is 4.88 Å². The van der Waals surface area contributed by atoms with Crippen molar-refractivity contribution in [2.75, 3.05) is 32.8 Å². The average Bonchev–Trinajstić information content (AvgIpc) is 3.26. The van der Waals surface area contributed by atoms with Gasteiger partial charge >= 0.3 is 6.03 Å².